The van der Waals surface area contributed by atoms with Gasteiger partial charge in [0.15, 0.2) is 0 Å². The van der Waals surface area contributed by atoms with Crippen LogP contribution < -0.4 is 0 Å². The Morgan fingerprint density at radius 1 is 1.12 bits per heavy atom. The van der Waals surface area contributed by atoms with Crippen LogP contribution in [0.2, 0.25) is 0 Å². The zero-order chi connectivity index (χ0) is 11.9. The third-order valence-electron chi connectivity index (χ3n) is 4.22. The topological polar surface area (TPSA) is 49.9 Å². The van der Waals surface area contributed by atoms with Crippen LogP contribution in [0, 0.1) is 0 Å². The zero-order valence-corrected chi connectivity index (χ0v) is 10.9. The number of rotatable bonds is 2. The molecule has 0 bridgehead atoms. The normalized spacial score (nSPS) is 36.2. The molecule has 5 nitrogen and oxygen atoms in total. The molecule has 0 amide bonds. The van der Waals surface area contributed by atoms with E-state index in [0.29, 0.717) is 38.8 Å². The van der Waals surface area contributed by atoms with Gasteiger partial charge >= 0.3 is 0 Å². The average Bonchev–Trinajstić information content (AvgIpc) is 2.99. The maximum Gasteiger partial charge on any atom is 0.219 e. The van der Waals surface area contributed by atoms with Crippen LogP contribution in [-0.2, 0) is 14.8 Å². The van der Waals surface area contributed by atoms with Crippen LogP contribution in [-0.4, -0.2) is 68.3 Å². The minimum atomic E-state index is -3.12. The minimum Gasteiger partial charge on any atom is -0.380 e. The molecule has 0 radical (unpaired) electrons. The van der Waals surface area contributed by atoms with Crippen molar-refractivity contribution in [3.8, 4) is 0 Å². The van der Waals surface area contributed by atoms with E-state index in [1.54, 1.807) is 4.31 Å². The number of piperazine rings is 1. The highest BCUT2D eigenvalue weighted by atomic mass is 32.2. The average molecular weight is 260 g/mol. The molecule has 0 N–H and O–H groups in total. The summed E-state index contributed by atoms with van der Waals surface area (Å²) in [6, 6.07) is 0.459. The first kappa shape index (κ1) is 11.9. The number of hydrogen-bond acceptors (Lipinski definition) is 4. The highest BCUT2D eigenvalue weighted by molar-refractivity contribution is 7.89. The van der Waals surface area contributed by atoms with Crippen molar-refractivity contribution < 1.29 is 13.2 Å². The van der Waals surface area contributed by atoms with Gasteiger partial charge in [-0.2, -0.15) is 4.31 Å². The predicted octanol–water partition coefficient (Wildman–Crippen LogP) is -0.115. The Morgan fingerprint density at radius 3 is 2.76 bits per heavy atom. The molecule has 0 spiro atoms. The second kappa shape index (κ2) is 4.50. The summed E-state index contributed by atoms with van der Waals surface area (Å²) in [6.07, 6.45) is 3.02. The molecule has 0 unspecified atom stereocenters. The molecule has 98 valence electrons. The van der Waals surface area contributed by atoms with E-state index in [0.717, 1.165) is 19.5 Å². The molecule has 3 heterocycles. The van der Waals surface area contributed by atoms with Crippen molar-refractivity contribution in [1.29, 1.82) is 0 Å². The van der Waals surface area contributed by atoms with E-state index in [9.17, 15) is 8.42 Å². The summed E-state index contributed by atoms with van der Waals surface area (Å²) in [6.45, 7) is 4.37. The smallest absolute Gasteiger partial charge is 0.219 e. The van der Waals surface area contributed by atoms with Gasteiger partial charge in [-0.3, -0.25) is 4.90 Å². The molecule has 0 aromatic rings. The SMILES string of the molecule is O=S(=O)([C@H]1CCOC1)N1CCN2CCC[C@@H]2C1. The molecule has 3 rings (SSSR count). The molecule has 0 aromatic carbocycles. The lowest BCUT2D eigenvalue weighted by Crippen LogP contribution is -2.54. The molecular weight excluding hydrogens is 240 g/mol. The molecule has 0 aromatic heterocycles. The van der Waals surface area contributed by atoms with Gasteiger partial charge in [0.25, 0.3) is 0 Å². The summed E-state index contributed by atoms with van der Waals surface area (Å²) in [5, 5.41) is -0.296. The fraction of sp³-hybridized carbons (Fsp3) is 1.00. The van der Waals surface area contributed by atoms with Gasteiger partial charge in [0, 0.05) is 32.3 Å². The fourth-order valence-electron chi connectivity index (χ4n) is 3.15. The fourth-order valence-corrected chi connectivity index (χ4v) is 4.95. The van der Waals surface area contributed by atoms with E-state index in [-0.39, 0.29) is 5.25 Å². The Hall–Kier alpha value is -0.170. The van der Waals surface area contributed by atoms with Gasteiger partial charge in [-0.25, -0.2) is 8.42 Å². The van der Waals surface area contributed by atoms with Gasteiger partial charge in [0.05, 0.1) is 6.61 Å². The molecule has 2 atom stereocenters. The quantitative estimate of drug-likeness (QED) is 0.695. The van der Waals surface area contributed by atoms with E-state index >= 15 is 0 Å². The van der Waals surface area contributed by atoms with Crippen LogP contribution in [0.15, 0.2) is 0 Å². The van der Waals surface area contributed by atoms with Crippen molar-refractivity contribution in [2.75, 3.05) is 39.4 Å². The van der Waals surface area contributed by atoms with Crippen molar-refractivity contribution in [2.45, 2.75) is 30.6 Å². The van der Waals surface area contributed by atoms with Crippen LogP contribution >= 0.6 is 0 Å². The van der Waals surface area contributed by atoms with E-state index in [1.807, 2.05) is 0 Å². The summed E-state index contributed by atoms with van der Waals surface area (Å²) >= 11 is 0. The van der Waals surface area contributed by atoms with Gasteiger partial charge in [0.1, 0.15) is 5.25 Å². The van der Waals surface area contributed by atoms with Crippen LogP contribution in [0.25, 0.3) is 0 Å². The number of nitrogens with zero attached hydrogens (tertiary/aromatic N) is 2. The van der Waals surface area contributed by atoms with E-state index < -0.39 is 10.0 Å². The zero-order valence-electron chi connectivity index (χ0n) is 10.0. The molecule has 3 aliphatic rings. The highest BCUT2D eigenvalue weighted by Crippen LogP contribution is 2.26. The van der Waals surface area contributed by atoms with Crippen LogP contribution in [0.4, 0.5) is 0 Å². The van der Waals surface area contributed by atoms with Gasteiger partial charge in [-0.05, 0) is 25.8 Å². The highest BCUT2D eigenvalue weighted by Gasteiger charge is 2.40. The molecule has 0 saturated carbocycles. The Morgan fingerprint density at radius 2 is 2.00 bits per heavy atom. The second-order valence-corrected chi connectivity index (χ2v) is 7.43. The molecule has 3 fully saturated rings. The van der Waals surface area contributed by atoms with Crippen molar-refractivity contribution in [1.82, 2.24) is 9.21 Å². The molecule has 3 saturated heterocycles. The Labute approximate surface area is 103 Å². The third-order valence-corrected chi connectivity index (χ3v) is 6.48. The predicted molar refractivity (Wildman–Crippen MR) is 64.3 cm³/mol. The first-order chi connectivity index (χ1) is 8.18. The molecule has 17 heavy (non-hydrogen) atoms. The van der Waals surface area contributed by atoms with Crippen LogP contribution in [0.3, 0.4) is 0 Å². The Bertz CT molecular complexity index is 378. The number of sulfonamides is 1. The Balaban J connectivity index is 1.71. The molecule has 3 aliphatic heterocycles. The van der Waals surface area contributed by atoms with Crippen LogP contribution in [0.5, 0.6) is 0 Å². The lowest BCUT2D eigenvalue weighted by molar-refractivity contribution is 0.156. The number of ether oxygens (including phenoxy) is 1. The Kier molecular flexibility index (Phi) is 3.15. The molecule has 6 heteroatoms. The summed E-state index contributed by atoms with van der Waals surface area (Å²) < 4.78 is 31.7. The maximum atomic E-state index is 12.4. The van der Waals surface area contributed by atoms with E-state index in [1.165, 1.54) is 6.42 Å². The van der Waals surface area contributed by atoms with Crippen LogP contribution in [0.1, 0.15) is 19.3 Å². The minimum absolute atomic E-state index is 0.296. The van der Waals surface area contributed by atoms with Crippen molar-refractivity contribution >= 4 is 10.0 Å². The van der Waals surface area contributed by atoms with Gasteiger partial charge in [-0.1, -0.05) is 0 Å². The summed E-state index contributed by atoms with van der Waals surface area (Å²) in [5.41, 5.74) is 0. The summed E-state index contributed by atoms with van der Waals surface area (Å²) in [5.74, 6) is 0. The largest absolute Gasteiger partial charge is 0.380 e. The van der Waals surface area contributed by atoms with E-state index in [2.05, 4.69) is 4.90 Å². The third kappa shape index (κ3) is 2.12. The molecule has 0 aliphatic carbocycles. The van der Waals surface area contributed by atoms with E-state index in [4.69, 9.17) is 4.74 Å². The van der Waals surface area contributed by atoms with Crippen molar-refractivity contribution in [2.24, 2.45) is 0 Å². The number of hydrogen-bond donors (Lipinski definition) is 0. The number of fused-ring (bicyclic) bond motifs is 1. The van der Waals surface area contributed by atoms with Gasteiger partial charge in [-0.15, -0.1) is 0 Å². The van der Waals surface area contributed by atoms with Crippen molar-refractivity contribution in [3.63, 3.8) is 0 Å². The van der Waals surface area contributed by atoms with Gasteiger partial charge < -0.3 is 4.74 Å². The second-order valence-electron chi connectivity index (χ2n) is 5.22. The summed E-state index contributed by atoms with van der Waals surface area (Å²) in [7, 11) is -3.12. The monoisotopic (exact) mass is 260 g/mol. The lowest BCUT2D eigenvalue weighted by Gasteiger charge is -2.37. The first-order valence-electron chi connectivity index (χ1n) is 6.49. The lowest BCUT2D eigenvalue weighted by atomic mass is 10.2. The summed E-state index contributed by atoms with van der Waals surface area (Å²) in [4.78, 5) is 2.43. The standard InChI is InChI=1S/C11H20N2O3S/c14-17(15,11-3-7-16-9-11)13-6-5-12-4-1-2-10(12)8-13/h10-11H,1-9H2/t10-,11+/m1/s1. The molecular formula is C11H20N2O3S. The maximum absolute atomic E-state index is 12.4. The first-order valence-corrected chi connectivity index (χ1v) is 7.99. The van der Waals surface area contributed by atoms with Crippen molar-refractivity contribution in [3.05, 3.63) is 0 Å². The van der Waals surface area contributed by atoms with Gasteiger partial charge in [0.2, 0.25) is 10.0 Å².